The maximum absolute atomic E-state index is 6.91. The van der Waals surface area contributed by atoms with Crippen LogP contribution in [-0.4, -0.2) is 25.9 Å². The van der Waals surface area contributed by atoms with Gasteiger partial charge in [0.25, 0.3) is 0 Å². The second-order valence-corrected chi connectivity index (χ2v) is 15.5. The Morgan fingerprint density at radius 2 is 1.46 bits per heavy atom. The van der Waals surface area contributed by atoms with Crippen LogP contribution in [-0.2, 0) is 10.8 Å². The summed E-state index contributed by atoms with van der Waals surface area (Å²) in [6.45, 7) is 11.8. The number of aromatic nitrogens is 1. The van der Waals surface area contributed by atoms with Crippen molar-refractivity contribution in [2.45, 2.75) is 58.3 Å². The molecule has 0 saturated carbocycles. The van der Waals surface area contributed by atoms with E-state index in [-0.39, 0.29) is 10.8 Å². The molecule has 0 spiro atoms. The van der Waals surface area contributed by atoms with Crippen molar-refractivity contribution in [2.24, 2.45) is 0 Å². The molecule has 2 aromatic heterocycles. The average molecular weight is 627 g/mol. The summed E-state index contributed by atoms with van der Waals surface area (Å²) in [5, 5.41) is 7.53. The molecule has 0 fully saturated rings. The summed E-state index contributed by atoms with van der Waals surface area (Å²) < 4.78 is 9.41. The SMILES string of the molecule is Cc1cc(-c2ccccc2Nc2ccc(N(C)C)cc2)c2c3c1c1ccccc1n3-c1c(oc3cc4c(cc13)C(C)(C)CCC4(C)C)[B]2. The van der Waals surface area contributed by atoms with Gasteiger partial charge in [-0.15, -0.1) is 0 Å². The fourth-order valence-electron chi connectivity index (χ4n) is 8.44. The average Bonchev–Trinajstić information content (AvgIpc) is 3.61. The molecule has 237 valence electrons. The number of aryl methyl sites for hydroxylation is 1. The highest BCUT2D eigenvalue weighted by molar-refractivity contribution is 6.73. The van der Waals surface area contributed by atoms with Crippen molar-refractivity contribution in [1.29, 1.82) is 0 Å². The molecular weight excluding hydrogens is 585 g/mol. The van der Waals surface area contributed by atoms with Gasteiger partial charge in [0.1, 0.15) is 5.58 Å². The minimum atomic E-state index is 0.111. The number of nitrogens with zero attached hydrogens (tertiary/aromatic N) is 2. The Bertz CT molecular complexity index is 2440. The molecule has 1 N–H and O–H groups in total. The second-order valence-electron chi connectivity index (χ2n) is 15.5. The van der Waals surface area contributed by atoms with Gasteiger partial charge in [0.05, 0.1) is 16.9 Å². The summed E-state index contributed by atoms with van der Waals surface area (Å²) in [4.78, 5) is 2.12. The zero-order valence-corrected chi connectivity index (χ0v) is 29.0. The first-order valence-electron chi connectivity index (χ1n) is 17.2. The van der Waals surface area contributed by atoms with E-state index in [9.17, 15) is 0 Å². The quantitative estimate of drug-likeness (QED) is 0.198. The molecule has 0 atom stereocenters. The zero-order valence-electron chi connectivity index (χ0n) is 29.0. The Balaban J connectivity index is 1.30. The molecule has 1 aliphatic carbocycles. The first-order valence-corrected chi connectivity index (χ1v) is 17.2. The third-order valence-corrected chi connectivity index (χ3v) is 11.2. The van der Waals surface area contributed by atoms with Gasteiger partial charge in [-0.3, -0.25) is 0 Å². The smallest absolute Gasteiger partial charge is 0.247 e. The van der Waals surface area contributed by atoms with Crippen molar-refractivity contribution in [3.63, 3.8) is 0 Å². The minimum Gasteiger partial charge on any atom is -0.469 e. The van der Waals surface area contributed by atoms with Crippen LogP contribution in [0.1, 0.15) is 57.2 Å². The van der Waals surface area contributed by atoms with E-state index in [4.69, 9.17) is 4.42 Å². The molecule has 0 saturated heterocycles. The van der Waals surface area contributed by atoms with Crippen LogP contribution in [0.15, 0.2) is 95.4 Å². The minimum absolute atomic E-state index is 0.111. The highest BCUT2D eigenvalue weighted by atomic mass is 16.3. The van der Waals surface area contributed by atoms with Crippen LogP contribution >= 0.6 is 0 Å². The molecule has 5 aromatic carbocycles. The first-order chi connectivity index (χ1) is 23.0. The number of nitrogens with one attached hydrogen (secondary N) is 1. The molecule has 0 unspecified atom stereocenters. The van der Waals surface area contributed by atoms with Gasteiger partial charge in [0.2, 0.25) is 7.28 Å². The van der Waals surface area contributed by atoms with Crippen LogP contribution in [0.5, 0.6) is 0 Å². The molecule has 48 heavy (non-hydrogen) atoms. The number of anilines is 3. The van der Waals surface area contributed by atoms with Crippen LogP contribution in [0, 0.1) is 6.92 Å². The molecule has 0 bridgehead atoms. The molecule has 1 radical (unpaired) electrons. The summed E-state index contributed by atoms with van der Waals surface area (Å²) in [5.41, 5.74) is 16.8. The fraction of sp³-hybridized carbons (Fsp3) is 0.256. The van der Waals surface area contributed by atoms with E-state index in [0.717, 1.165) is 28.3 Å². The van der Waals surface area contributed by atoms with Gasteiger partial charge in [-0.1, -0.05) is 70.2 Å². The van der Waals surface area contributed by atoms with E-state index in [2.05, 4.69) is 162 Å². The largest absolute Gasteiger partial charge is 0.469 e. The number of hydrogen-bond acceptors (Lipinski definition) is 3. The fourth-order valence-corrected chi connectivity index (χ4v) is 8.44. The van der Waals surface area contributed by atoms with Gasteiger partial charge < -0.3 is 19.2 Å². The summed E-state index contributed by atoms with van der Waals surface area (Å²) >= 11 is 0. The third-order valence-electron chi connectivity index (χ3n) is 11.2. The summed E-state index contributed by atoms with van der Waals surface area (Å²) in [6.07, 6.45) is 2.36. The molecule has 2 aliphatic rings. The number of fused-ring (bicyclic) bond motifs is 8. The first kappa shape index (κ1) is 29.3. The van der Waals surface area contributed by atoms with Gasteiger partial charge in [-0.25, -0.2) is 0 Å². The standard InChI is InChI=1S/C43H41BN3O/c1-25-22-30(28-12-8-10-14-34(28)45-26-16-18-27(19-17-26)46(6)7)38-40-37(25)29-13-9-11-15-35(29)47(40)39-31-23-32-33(24-36(31)48-41(39)44-38)43(4,5)21-20-42(32,2)3/h8-19,22-24,45H,20-21H2,1-7H3. The van der Waals surface area contributed by atoms with Gasteiger partial charge in [0.15, 0.2) is 0 Å². The Morgan fingerprint density at radius 3 is 2.21 bits per heavy atom. The van der Waals surface area contributed by atoms with Crippen LogP contribution < -0.4 is 21.3 Å². The van der Waals surface area contributed by atoms with E-state index >= 15 is 0 Å². The van der Waals surface area contributed by atoms with Crippen molar-refractivity contribution in [3.05, 3.63) is 108 Å². The van der Waals surface area contributed by atoms with Crippen molar-refractivity contribution in [3.8, 4) is 16.8 Å². The van der Waals surface area contributed by atoms with Crippen LogP contribution in [0.25, 0.3) is 49.6 Å². The molecule has 4 nitrogen and oxygen atoms in total. The molecule has 3 heterocycles. The van der Waals surface area contributed by atoms with Crippen molar-refractivity contribution in [2.75, 3.05) is 24.3 Å². The van der Waals surface area contributed by atoms with Crippen LogP contribution in [0.4, 0.5) is 17.1 Å². The molecule has 5 heteroatoms. The molecule has 0 amide bonds. The Kier molecular flexibility index (Phi) is 6.13. The maximum Gasteiger partial charge on any atom is 0.247 e. The Morgan fingerprint density at radius 1 is 0.771 bits per heavy atom. The van der Waals surface area contributed by atoms with Gasteiger partial charge >= 0.3 is 0 Å². The highest BCUT2D eigenvalue weighted by Crippen LogP contribution is 2.48. The third kappa shape index (κ3) is 4.16. The van der Waals surface area contributed by atoms with E-state index in [1.165, 1.54) is 79.0 Å². The lowest BCUT2D eigenvalue weighted by Crippen LogP contribution is -2.36. The normalized spacial score (nSPS) is 15.7. The van der Waals surface area contributed by atoms with E-state index in [1.54, 1.807) is 0 Å². The molecule has 9 rings (SSSR count). The molecule has 7 aromatic rings. The number of hydrogen-bond donors (Lipinski definition) is 1. The lowest BCUT2D eigenvalue weighted by atomic mass is 9.61. The molecule has 1 aliphatic heterocycles. The Hall–Kier alpha value is -4.90. The summed E-state index contributed by atoms with van der Waals surface area (Å²) in [6, 6.07) is 33.3. The van der Waals surface area contributed by atoms with Crippen LogP contribution in [0.3, 0.4) is 0 Å². The van der Waals surface area contributed by atoms with Gasteiger partial charge in [0, 0.05) is 58.4 Å². The highest BCUT2D eigenvalue weighted by Gasteiger charge is 2.39. The summed E-state index contributed by atoms with van der Waals surface area (Å²) in [7, 11) is 6.45. The summed E-state index contributed by atoms with van der Waals surface area (Å²) in [5.74, 6) is 0. The monoisotopic (exact) mass is 626 g/mol. The number of benzene rings is 5. The van der Waals surface area contributed by atoms with Crippen molar-refractivity contribution in [1.82, 2.24) is 4.57 Å². The zero-order chi connectivity index (χ0) is 33.1. The van der Waals surface area contributed by atoms with Gasteiger partial charge in [-0.2, -0.15) is 0 Å². The van der Waals surface area contributed by atoms with E-state index < -0.39 is 0 Å². The number of para-hydroxylation sites is 2. The maximum atomic E-state index is 6.91. The number of rotatable bonds is 4. The Labute approximate surface area is 283 Å². The van der Waals surface area contributed by atoms with Crippen molar-refractivity contribution >= 4 is 68.2 Å². The lowest BCUT2D eigenvalue weighted by molar-refractivity contribution is 0.332. The topological polar surface area (TPSA) is 33.3 Å². The molecular formula is C43H41BN3O. The van der Waals surface area contributed by atoms with E-state index in [1.807, 2.05) is 0 Å². The lowest BCUT2D eigenvalue weighted by Gasteiger charge is -2.41. The predicted octanol–water partition coefficient (Wildman–Crippen LogP) is 9.63. The van der Waals surface area contributed by atoms with Gasteiger partial charge in [-0.05, 0) is 107 Å². The van der Waals surface area contributed by atoms with E-state index in [0.29, 0.717) is 0 Å². The number of furan rings is 1. The second kappa shape index (κ2) is 10.1. The van der Waals surface area contributed by atoms with Crippen LogP contribution in [0.2, 0.25) is 0 Å². The predicted molar refractivity (Wildman–Crippen MR) is 205 cm³/mol. The van der Waals surface area contributed by atoms with Crippen molar-refractivity contribution < 1.29 is 4.42 Å².